The Morgan fingerprint density at radius 1 is 1.35 bits per heavy atom. The number of benzene rings is 1. The van der Waals surface area contributed by atoms with E-state index in [0.717, 1.165) is 35.9 Å². The van der Waals surface area contributed by atoms with Gasteiger partial charge in [0.25, 0.3) is 0 Å². The molecule has 134 valence electrons. The van der Waals surface area contributed by atoms with Gasteiger partial charge >= 0.3 is 5.97 Å². The molecule has 0 aliphatic heterocycles. The molecule has 5 heteroatoms. The average molecular weight is 351 g/mol. The molecule has 3 aromatic rings. The van der Waals surface area contributed by atoms with Crippen LogP contribution in [0, 0.1) is 6.92 Å². The van der Waals surface area contributed by atoms with E-state index >= 15 is 0 Å². The number of aryl methyl sites for hydroxylation is 2. The van der Waals surface area contributed by atoms with Gasteiger partial charge in [-0.3, -0.25) is 4.98 Å². The van der Waals surface area contributed by atoms with Crippen molar-refractivity contribution in [1.82, 2.24) is 4.98 Å². The van der Waals surface area contributed by atoms with Crippen LogP contribution in [0.1, 0.15) is 53.2 Å². The summed E-state index contributed by atoms with van der Waals surface area (Å²) in [7, 11) is 0. The van der Waals surface area contributed by atoms with E-state index in [4.69, 9.17) is 13.9 Å². The van der Waals surface area contributed by atoms with Crippen LogP contribution < -0.4 is 4.74 Å². The highest BCUT2D eigenvalue weighted by atomic mass is 16.5. The van der Waals surface area contributed by atoms with Gasteiger partial charge in [0.1, 0.15) is 28.8 Å². The molecule has 0 bridgehead atoms. The van der Waals surface area contributed by atoms with Gasteiger partial charge in [-0.2, -0.15) is 0 Å². The minimum absolute atomic E-state index is 0.0241. The predicted octanol–water partition coefficient (Wildman–Crippen LogP) is 4.77. The molecule has 1 aliphatic carbocycles. The van der Waals surface area contributed by atoms with Gasteiger partial charge in [0, 0.05) is 22.8 Å². The molecule has 0 saturated heterocycles. The highest BCUT2D eigenvalue weighted by Gasteiger charge is 2.24. The molecule has 0 fully saturated rings. The number of rotatable bonds is 4. The van der Waals surface area contributed by atoms with Gasteiger partial charge in [0.2, 0.25) is 0 Å². The highest BCUT2D eigenvalue weighted by Crippen LogP contribution is 2.35. The molecule has 0 amide bonds. The lowest BCUT2D eigenvalue weighted by molar-refractivity contribution is 0.0526. The largest absolute Gasteiger partial charge is 0.486 e. The molecule has 0 radical (unpaired) electrons. The third-order valence-electron chi connectivity index (χ3n) is 4.75. The summed E-state index contributed by atoms with van der Waals surface area (Å²) in [6.07, 6.45) is 4.79. The molecule has 1 aromatic carbocycles. The smallest absolute Gasteiger partial charge is 0.342 e. The number of nitrogens with zero attached hydrogens (tertiary/aromatic N) is 1. The maximum atomic E-state index is 12.3. The van der Waals surface area contributed by atoms with Gasteiger partial charge in [-0.1, -0.05) is 6.07 Å². The Kier molecular flexibility index (Phi) is 4.37. The summed E-state index contributed by atoms with van der Waals surface area (Å²) in [5.41, 5.74) is 3.38. The van der Waals surface area contributed by atoms with Crippen molar-refractivity contribution in [1.29, 1.82) is 0 Å². The van der Waals surface area contributed by atoms with Gasteiger partial charge in [-0.25, -0.2) is 4.79 Å². The Morgan fingerprint density at radius 3 is 3.08 bits per heavy atom. The Hall–Kier alpha value is -2.82. The van der Waals surface area contributed by atoms with E-state index in [1.807, 2.05) is 30.5 Å². The van der Waals surface area contributed by atoms with Crippen LogP contribution in [0.4, 0.5) is 0 Å². The molecule has 4 rings (SSSR count). The molecule has 5 nitrogen and oxygen atoms in total. The van der Waals surface area contributed by atoms with Gasteiger partial charge < -0.3 is 13.9 Å². The summed E-state index contributed by atoms with van der Waals surface area (Å²) < 4.78 is 17.1. The number of hydrogen-bond donors (Lipinski definition) is 0. The van der Waals surface area contributed by atoms with E-state index in [9.17, 15) is 4.79 Å². The number of furan rings is 1. The minimum Gasteiger partial charge on any atom is -0.486 e. The summed E-state index contributed by atoms with van der Waals surface area (Å²) in [4.78, 5) is 16.7. The van der Waals surface area contributed by atoms with Crippen molar-refractivity contribution in [3.05, 3.63) is 59.1 Å². The third kappa shape index (κ3) is 2.94. The first-order valence-electron chi connectivity index (χ1n) is 8.98. The number of aromatic nitrogens is 1. The molecule has 0 N–H and O–H groups in total. The van der Waals surface area contributed by atoms with Crippen molar-refractivity contribution in [3.8, 4) is 5.75 Å². The molecular formula is C21H21NO4. The van der Waals surface area contributed by atoms with Crippen molar-refractivity contribution in [2.45, 2.75) is 39.2 Å². The van der Waals surface area contributed by atoms with Crippen LogP contribution >= 0.6 is 0 Å². The van der Waals surface area contributed by atoms with Gasteiger partial charge in [0.05, 0.1) is 6.61 Å². The fourth-order valence-electron chi connectivity index (χ4n) is 3.58. The van der Waals surface area contributed by atoms with Crippen LogP contribution in [-0.2, 0) is 11.2 Å². The summed E-state index contributed by atoms with van der Waals surface area (Å²) in [5.74, 6) is 0.904. The van der Waals surface area contributed by atoms with Crippen molar-refractivity contribution >= 4 is 16.9 Å². The molecule has 2 heterocycles. The first kappa shape index (κ1) is 16.6. The number of esters is 1. The monoisotopic (exact) mass is 351 g/mol. The predicted molar refractivity (Wildman–Crippen MR) is 97.5 cm³/mol. The fraction of sp³-hybridized carbons (Fsp3) is 0.333. The number of carbonyl (C=O) groups excluding carboxylic acids is 1. The van der Waals surface area contributed by atoms with Crippen molar-refractivity contribution < 1.29 is 18.7 Å². The summed E-state index contributed by atoms with van der Waals surface area (Å²) in [6, 6.07) is 9.61. The standard InChI is InChI=1S/C21H21NO4/c1-3-24-21(23)20-13(2)25-19-10-9-14(12-16(19)20)26-18-8-4-7-17-15(18)6-5-11-22-17/h5-6,9-12,18H,3-4,7-8H2,1-2H3. The molecule has 26 heavy (non-hydrogen) atoms. The van der Waals surface area contributed by atoms with E-state index in [1.165, 1.54) is 0 Å². The maximum absolute atomic E-state index is 12.3. The van der Waals surface area contributed by atoms with E-state index in [2.05, 4.69) is 11.1 Å². The topological polar surface area (TPSA) is 61.6 Å². The fourth-order valence-corrected chi connectivity index (χ4v) is 3.58. The molecule has 1 atom stereocenters. The minimum atomic E-state index is -0.367. The lowest BCUT2D eigenvalue weighted by atomic mass is 9.93. The van der Waals surface area contributed by atoms with Gasteiger partial charge in [-0.15, -0.1) is 0 Å². The SMILES string of the molecule is CCOC(=O)c1c(C)oc2ccc(OC3CCCc4ncccc43)cc12. The Morgan fingerprint density at radius 2 is 2.23 bits per heavy atom. The van der Waals surface area contributed by atoms with Crippen molar-refractivity contribution in [3.63, 3.8) is 0 Å². The second kappa shape index (κ2) is 6.83. The third-order valence-corrected chi connectivity index (χ3v) is 4.75. The Labute approximate surface area is 151 Å². The zero-order chi connectivity index (χ0) is 18.1. The summed E-state index contributed by atoms with van der Waals surface area (Å²) in [5, 5.41) is 0.723. The number of hydrogen-bond acceptors (Lipinski definition) is 5. The number of ether oxygens (including phenoxy) is 2. The van der Waals surface area contributed by atoms with E-state index in [1.54, 1.807) is 13.8 Å². The van der Waals surface area contributed by atoms with E-state index < -0.39 is 0 Å². The summed E-state index contributed by atoms with van der Waals surface area (Å²) >= 11 is 0. The van der Waals surface area contributed by atoms with Crippen LogP contribution in [-0.4, -0.2) is 17.6 Å². The van der Waals surface area contributed by atoms with Crippen LogP contribution in [0.5, 0.6) is 5.75 Å². The first-order chi connectivity index (χ1) is 12.7. The maximum Gasteiger partial charge on any atom is 0.342 e. The lowest BCUT2D eigenvalue weighted by Gasteiger charge is -2.25. The first-order valence-corrected chi connectivity index (χ1v) is 8.98. The van der Waals surface area contributed by atoms with E-state index in [-0.39, 0.29) is 12.1 Å². The average Bonchev–Trinajstić information content (AvgIpc) is 2.97. The normalized spacial score (nSPS) is 16.3. The lowest BCUT2D eigenvalue weighted by Crippen LogP contribution is -2.16. The van der Waals surface area contributed by atoms with Gasteiger partial charge in [0.15, 0.2) is 0 Å². The zero-order valence-corrected chi connectivity index (χ0v) is 15.0. The molecule has 1 unspecified atom stereocenters. The number of fused-ring (bicyclic) bond motifs is 2. The molecule has 2 aromatic heterocycles. The van der Waals surface area contributed by atoms with E-state index in [0.29, 0.717) is 29.3 Å². The van der Waals surface area contributed by atoms with Crippen LogP contribution in [0.3, 0.4) is 0 Å². The zero-order valence-electron chi connectivity index (χ0n) is 15.0. The summed E-state index contributed by atoms with van der Waals surface area (Å²) in [6.45, 7) is 3.89. The highest BCUT2D eigenvalue weighted by molar-refractivity contribution is 6.04. The number of carbonyl (C=O) groups is 1. The Balaban J connectivity index is 1.68. The molecule has 0 spiro atoms. The van der Waals surface area contributed by atoms with Gasteiger partial charge in [-0.05, 0) is 57.4 Å². The molecular weight excluding hydrogens is 330 g/mol. The molecule has 1 aliphatic rings. The van der Waals surface area contributed by atoms with Crippen molar-refractivity contribution in [2.75, 3.05) is 6.61 Å². The van der Waals surface area contributed by atoms with Crippen LogP contribution in [0.2, 0.25) is 0 Å². The number of pyridine rings is 1. The molecule has 0 saturated carbocycles. The Bertz CT molecular complexity index is 960. The van der Waals surface area contributed by atoms with Crippen LogP contribution in [0.25, 0.3) is 11.0 Å². The van der Waals surface area contributed by atoms with Crippen LogP contribution in [0.15, 0.2) is 40.9 Å². The van der Waals surface area contributed by atoms with Crippen molar-refractivity contribution in [2.24, 2.45) is 0 Å². The second-order valence-electron chi connectivity index (χ2n) is 6.45. The second-order valence-corrected chi connectivity index (χ2v) is 6.45. The quantitative estimate of drug-likeness (QED) is 0.634.